The summed E-state index contributed by atoms with van der Waals surface area (Å²) >= 11 is 0. The minimum absolute atomic E-state index is 0. The van der Waals surface area contributed by atoms with Gasteiger partial charge < -0.3 is 6.92 Å². The van der Waals surface area contributed by atoms with Gasteiger partial charge in [-0.2, -0.15) is 5.41 Å². The smallest absolute Gasteiger partial charge is 0.338 e. The molecular weight excluding hydrogens is 120 g/mol. The van der Waals surface area contributed by atoms with Crippen molar-refractivity contribution in [2.45, 2.75) is 20.8 Å². The van der Waals surface area contributed by atoms with Gasteiger partial charge in [0.15, 0.2) is 0 Å². The van der Waals surface area contributed by atoms with Crippen molar-refractivity contribution in [1.82, 2.24) is 0 Å². The first-order valence-electron chi connectivity index (χ1n) is 2.67. The van der Waals surface area contributed by atoms with E-state index in [4.69, 9.17) is 0 Å². The van der Waals surface area contributed by atoms with Crippen LogP contribution < -0.4 is 0 Å². The van der Waals surface area contributed by atoms with Gasteiger partial charge in [-0.15, -0.1) is 0 Å². The van der Waals surface area contributed by atoms with Crippen molar-refractivity contribution >= 4 is 23.1 Å². The summed E-state index contributed by atoms with van der Waals surface area (Å²) in [4.78, 5) is 0. The monoisotopic (exact) mass is 136 g/mol. The molecule has 0 aromatic heterocycles. The zero-order chi connectivity index (χ0) is 7.21. The molecule has 0 unspecified atom stereocenters. The second-order valence-electron chi connectivity index (χ2n) is 2.85. The molecule has 0 rings (SSSR count). The molecule has 0 aromatic carbocycles. The first-order valence-corrected chi connectivity index (χ1v) is 2.67. The molecule has 0 N–H and O–H groups in total. The minimum atomic E-state index is 0. The van der Waals surface area contributed by atoms with Crippen molar-refractivity contribution in [1.29, 1.82) is 0 Å². The predicted molar refractivity (Wildman–Crippen MR) is 46.1 cm³/mol. The van der Waals surface area contributed by atoms with Crippen LogP contribution in [0.3, 0.4) is 0 Å². The average molecular weight is 137 g/mol. The summed E-state index contributed by atoms with van der Waals surface area (Å²) in [6, 6.07) is 0. The van der Waals surface area contributed by atoms with Crippen LogP contribution in [0.25, 0.3) is 0 Å². The molecule has 0 nitrogen and oxygen atoms in total. The Kier molecular flexibility index (Phi) is 15.1. The summed E-state index contributed by atoms with van der Waals surface area (Å²) < 4.78 is 0. The standard InChI is InChI=1S/C5H11.C3H5.Mg/c1-5(2,3)4;1-3-2;/h1H2,2-4H3;3H,1-2H2;/q2*-1;+2. The SMILES string of the molecule is C=C[CH2-].[CH2-]C(C)(C)C.[Mg+2]. The molecule has 0 atom stereocenters. The van der Waals surface area contributed by atoms with E-state index in [0.29, 0.717) is 0 Å². The quantitative estimate of drug-likeness (QED) is 0.355. The molecule has 0 aliphatic rings. The zero-order valence-corrected chi connectivity index (χ0v) is 8.32. The molecule has 50 valence electrons. The maximum absolute atomic E-state index is 3.77. The first kappa shape index (κ1) is 16.2. The molecule has 1 heteroatoms. The summed E-state index contributed by atoms with van der Waals surface area (Å²) in [7, 11) is 0. The fourth-order valence-corrected chi connectivity index (χ4v) is 0. The van der Waals surface area contributed by atoms with E-state index in [1.54, 1.807) is 0 Å². The summed E-state index contributed by atoms with van der Waals surface area (Å²) in [5.74, 6) is 0. The van der Waals surface area contributed by atoms with Crippen LogP contribution in [0.5, 0.6) is 0 Å². The number of hydrogen-bond acceptors (Lipinski definition) is 0. The maximum atomic E-state index is 3.77. The van der Waals surface area contributed by atoms with Gasteiger partial charge in [0, 0.05) is 0 Å². The molecule has 0 saturated heterocycles. The van der Waals surface area contributed by atoms with Crippen molar-refractivity contribution in [3.63, 3.8) is 0 Å². The molecule has 0 spiro atoms. The molecular formula is C8H16Mg. The van der Waals surface area contributed by atoms with E-state index < -0.39 is 0 Å². The Labute approximate surface area is 75.9 Å². The summed E-state index contributed by atoms with van der Waals surface area (Å²) in [5.41, 5.74) is 0.250. The first-order chi connectivity index (χ1) is 3.41. The van der Waals surface area contributed by atoms with Crippen molar-refractivity contribution in [2.75, 3.05) is 0 Å². The molecule has 0 amide bonds. The van der Waals surface area contributed by atoms with E-state index in [9.17, 15) is 0 Å². The molecule has 0 aliphatic heterocycles. The van der Waals surface area contributed by atoms with Gasteiger partial charge in [0.05, 0.1) is 0 Å². The van der Waals surface area contributed by atoms with Crippen LogP contribution >= 0.6 is 0 Å². The van der Waals surface area contributed by atoms with Gasteiger partial charge >= 0.3 is 23.1 Å². The van der Waals surface area contributed by atoms with Gasteiger partial charge in [-0.1, -0.05) is 20.8 Å². The third kappa shape index (κ3) is 2410. The van der Waals surface area contributed by atoms with E-state index in [0.717, 1.165) is 0 Å². The second-order valence-corrected chi connectivity index (χ2v) is 2.85. The third-order valence-corrected chi connectivity index (χ3v) is 0. The van der Waals surface area contributed by atoms with Gasteiger partial charge in [0.2, 0.25) is 0 Å². The fourth-order valence-electron chi connectivity index (χ4n) is 0. The van der Waals surface area contributed by atoms with Crippen LogP contribution in [0.4, 0.5) is 0 Å². The van der Waals surface area contributed by atoms with Crippen LogP contribution in [0, 0.1) is 19.3 Å². The van der Waals surface area contributed by atoms with Crippen molar-refractivity contribution < 1.29 is 0 Å². The Morgan fingerprint density at radius 1 is 1.33 bits per heavy atom. The van der Waals surface area contributed by atoms with Crippen molar-refractivity contribution in [3.05, 3.63) is 26.5 Å². The normalized spacial score (nSPS) is 8.00. The second kappa shape index (κ2) is 8.38. The van der Waals surface area contributed by atoms with Crippen LogP contribution in [0.15, 0.2) is 12.7 Å². The van der Waals surface area contributed by atoms with Crippen molar-refractivity contribution in [3.8, 4) is 0 Å². The molecule has 0 radical (unpaired) electrons. The molecule has 0 aliphatic carbocycles. The van der Waals surface area contributed by atoms with Crippen LogP contribution in [0.1, 0.15) is 20.8 Å². The van der Waals surface area contributed by atoms with E-state index in [1.807, 2.05) is 0 Å². The molecule has 9 heavy (non-hydrogen) atoms. The maximum Gasteiger partial charge on any atom is 2.00 e. The van der Waals surface area contributed by atoms with Gasteiger partial charge in [0.1, 0.15) is 0 Å². The predicted octanol–water partition coefficient (Wildman–Crippen LogP) is 2.49. The fraction of sp³-hybridized carbons (Fsp3) is 0.500. The van der Waals surface area contributed by atoms with E-state index in [2.05, 4.69) is 41.2 Å². The largest absolute Gasteiger partial charge is 2.00 e. The Morgan fingerprint density at radius 3 is 1.33 bits per heavy atom. The third-order valence-electron chi connectivity index (χ3n) is 0. The number of allylic oxidation sites excluding steroid dienone is 1. The average Bonchev–Trinajstić information content (AvgIpc) is 1.27. The zero-order valence-electron chi connectivity index (χ0n) is 6.91. The van der Waals surface area contributed by atoms with E-state index in [-0.39, 0.29) is 28.5 Å². The summed E-state index contributed by atoms with van der Waals surface area (Å²) in [5, 5.41) is 0. The number of hydrogen-bond donors (Lipinski definition) is 0. The molecule has 0 fully saturated rings. The van der Waals surface area contributed by atoms with Gasteiger partial charge in [-0.25, -0.2) is 19.6 Å². The molecule has 0 saturated carbocycles. The Morgan fingerprint density at radius 2 is 1.33 bits per heavy atom. The van der Waals surface area contributed by atoms with Crippen molar-refractivity contribution in [2.24, 2.45) is 5.41 Å². The molecule has 0 bridgehead atoms. The minimum Gasteiger partial charge on any atom is -0.338 e. The van der Waals surface area contributed by atoms with Crippen LogP contribution in [-0.2, 0) is 0 Å². The van der Waals surface area contributed by atoms with Crippen LogP contribution in [0.2, 0.25) is 0 Å². The van der Waals surface area contributed by atoms with Gasteiger partial charge in [-0.05, 0) is 0 Å². The Bertz CT molecular complexity index is 44.1. The molecule has 0 aromatic rings. The molecule has 0 heterocycles. The Balaban J connectivity index is -0.0000000800. The van der Waals surface area contributed by atoms with Crippen LogP contribution in [-0.4, -0.2) is 23.1 Å². The summed E-state index contributed by atoms with van der Waals surface area (Å²) in [6.07, 6.45) is 1.50. The van der Waals surface area contributed by atoms with E-state index >= 15 is 0 Å². The Hall–Kier alpha value is 0.376. The topological polar surface area (TPSA) is 0 Å². The number of rotatable bonds is 0. The van der Waals surface area contributed by atoms with E-state index in [1.165, 1.54) is 6.08 Å². The van der Waals surface area contributed by atoms with Gasteiger partial charge in [-0.3, -0.25) is 0 Å². The van der Waals surface area contributed by atoms with Gasteiger partial charge in [0.25, 0.3) is 0 Å². The summed E-state index contributed by atoms with van der Waals surface area (Å²) in [6.45, 7) is 16.5.